The van der Waals surface area contributed by atoms with Gasteiger partial charge >= 0.3 is 5.51 Å². The number of ether oxygens (including phenoxy) is 1. The van der Waals surface area contributed by atoms with Gasteiger partial charge in [0.25, 0.3) is 5.91 Å². The number of aromatic nitrogens is 3. The Morgan fingerprint density at radius 3 is 2.77 bits per heavy atom. The number of nitrogens with zero attached hydrogens (tertiary/aromatic N) is 3. The number of imidazole rings is 1. The third-order valence-electron chi connectivity index (χ3n) is 3.86. The van der Waals surface area contributed by atoms with E-state index in [9.17, 15) is 18.0 Å². The summed E-state index contributed by atoms with van der Waals surface area (Å²) < 4.78 is 46.2. The summed E-state index contributed by atoms with van der Waals surface area (Å²) in [6.45, 7) is 0.0858. The zero-order valence-corrected chi connectivity index (χ0v) is 18.6. The van der Waals surface area contributed by atoms with Crippen molar-refractivity contribution in [2.45, 2.75) is 10.5 Å². The number of hydrogen-bond acceptors (Lipinski definition) is 6. The van der Waals surface area contributed by atoms with Crippen molar-refractivity contribution in [2.75, 3.05) is 26.0 Å². The maximum Gasteiger partial charge on any atom is 0.447 e. The average molecular weight is 514 g/mol. The van der Waals surface area contributed by atoms with Gasteiger partial charge in [0.2, 0.25) is 5.88 Å². The summed E-state index contributed by atoms with van der Waals surface area (Å²) in [4.78, 5) is 20.0. The number of halogens is 4. The number of carbonyl (C=O) groups excluding carboxylic acids is 1. The predicted molar refractivity (Wildman–Crippen MR) is 114 cm³/mol. The fraction of sp³-hybridized carbons (Fsp3) is 0.211. The topological polar surface area (TPSA) is 80.6 Å². The van der Waals surface area contributed by atoms with Crippen molar-refractivity contribution in [3.8, 4) is 17.7 Å². The summed E-state index contributed by atoms with van der Waals surface area (Å²) in [6, 6.07) is 6.41. The number of hydrogen-bond donors (Lipinski definition) is 2. The fourth-order valence-electron chi connectivity index (χ4n) is 2.55. The van der Waals surface area contributed by atoms with Crippen LogP contribution in [0.4, 0.5) is 18.9 Å². The molecule has 0 saturated carbocycles. The van der Waals surface area contributed by atoms with Gasteiger partial charge in [-0.2, -0.15) is 13.2 Å². The monoisotopic (exact) mass is 513 g/mol. The SMILES string of the molecule is CNC(=O)c1ccc(NCC#Cc2nc3c(Br)cccn3c2SC(F)(F)F)c(OC)n1. The number of methoxy groups -OCH3 is 1. The molecule has 0 saturated heterocycles. The van der Waals surface area contributed by atoms with Gasteiger partial charge in [0.15, 0.2) is 5.65 Å². The first-order valence-corrected chi connectivity index (χ1v) is 10.3. The molecule has 0 unspecified atom stereocenters. The first-order valence-electron chi connectivity index (χ1n) is 8.65. The highest BCUT2D eigenvalue weighted by Gasteiger charge is 2.33. The quantitative estimate of drug-likeness (QED) is 0.397. The second kappa shape index (κ2) is 9.49. The van der Waals surface area contributed by atoms with E-state index in [4.69, 9.17) is 4.74 Å². The molecule has 0 spiro atoms. The Labute approximate surface area is 187 Å². The molecule has 162 valence electrons. The number of pyridine rings is 2. The first-order chi connectivity index (χ1) is 14.7. The lowest BCUT2D eigenvalue weighted by atomic mass is 10.3. The summed E-state index contributed by atoms with van der Waals surface area (Å²) in [5.41, 5.74) is -3.48. The minimum atomic E-state index is -4.49. The number of nitrogens with one attached hydrogen (secondary N) is 2. The molecule has 0 aromatic carbocycles. The summed E-state index contributed by atoms with van der Waals surface area (Å²) in [5.74, 6) is 5.27. The zero-order valence-electron chi connectivity index (χ0n) is 16.2. The van der Waals surface area contributed by atoms with Crippen LogP contribution < -0.4 is 15.4 Å². The molecular weight excluding hydrogens is 499 g/mol. The van der Waals surface area contributed by atoms with Gasteiger partial charge in [0.1, 0.15) is 16.4 Å². The molecule has 0 aliphatic rings. The third-order valence-corrected chi connectivity index (χ3v) is 5.29. The average Bonchev–Trinajstić information content (AvgIpc) is 3.07. The molecule has 0 aliphatic heterocycles. The van der Waals surface area contributed by atoms with Gasteiger partial charge in [-0.05, 0) is 46.1 Å². The van der Waals surface area contributed by atoms with Crippen molar-refractivity contribution in [1.82, 2.24) is 19.7 Å². The number of fused-ring (bicyclic) bond motifs is 1. The molecule has 7 nitrogen and oxygen atoms in total. The highest BCUT2D eigenvalue weighted by molar-refractivity contribution is 9.10. The van der Waals surface area contributed by atoms with Crippen LogP contribution in [-0.2, 0) is 0 Å². The van der Waals surface area contributed by atoms with Crippen molar-refractivity contribution >= 4 is 44.9 Å². The van der Waals surface area contributed by atoms with Crippen LogP contribution in [0.5, 0.6) is 5.88 Å². The molecule has 0 fully saturated rings. The number of alkyl halides is 3. The van der Waals surface area contributed by atoms with E-state index >= 15 is 0 Å². The Bertz CT molecular complexity index is 1190. The van der Waals surface area contributed by atoms with E-state index < -0.39 is 5.51 Å². The van der Waals surface area contributed by atoms with Gasteiger partial charge in [-0.1, -0.05) is 5.92 Å². The molecule has 2 N–H and O–H groups in total. The van der Waals surface area contributed by atoms with Crippen LogP contribution in [0.15, 0.2) is 40.0 Å². The van der Waals surface area contributed by atoms with E-state index in [1.54, 1.807) is 18.2 Å². The molecule has 0 radical (unpaired) electrons. The lowest BCUT2D eigenvalue weighted by molar-refractivity contribution is -0.0330. The molecule has 1 amide bonds. The van der Waals surface area contributed by atoms with Crippen LogP contribution in [0.25, 0.3) is 5.65 Å². The summed E-state index contributed by atoms with van der Waals surface area (Å²) in [5, 5.41) is 5.31. The van der Waals surface area contributed by atoms with Gasteiger partial charge in [-0.15, -0.1) is 0 Å². The number of rotatable bonds is 5. The van der Waals surface area contributed by atoms with E-state index in [0.717, 1.165) is 0 Å². The van der Waals surface area contributed by atoms with Crippen molar-refractivity contribution in [3.63, 3.8) is 0 Å². The van der Waals surface area contributed by atoms with E-state index in [0.29, 0.717) is 15.8 Å². The lowest BCUT2D eigenvalue weighted by Gasteiger charge is -2.09. The van der Waals surface area contributed by atoms with Gasteiger partial charge in [0, 0.05) is 25.0 Å². The standard InChI is InChI=1S/C19H15BrF3N5O2S/c1-24-16(29)12-7-8-13(17(27-12)30-2)25-9-3-6-14-18(31-19(21,22)23)28-10-4-5-11(20)15(28)26-14/h4-5,7-8,10,25H,9H2,1-2H3,(H,24,29). The van der Waals surface area contributed by atoms with Gasteiger partial charge in [-0.25, -0.2) is 9.97 Å². The smallest absolute Gasteiger partial charge is 0.447 e. The molecule has 3 rings (SSSR count). The maximum absolute atomic E-state index is 13.0. The first kappa shape index (κ1) is 22.8. The molecule has 12 heteroatoms. The van der Waals surface area contributed by atoms with Crippen LogP contribution in [0.2, 0.25) is 0 Å². The molecule has 31 heavy (non-hydrogen) atoms. The zero-order chi connectivity index (χ0) is 22.6. The second-order valence-electron chi connectivity index (χ2n) is 5.85. The Balaban J connectivity index is 1.84. The Kier molecular flexibility index (Phi) is 6.97. The minimum Gasteiger partial charge on any atom is -0.480 e. The highest BCUT2D eigenvalue weighted by Crippen LogP contribution is 2.39. The Morgan fingerprint density at radius 2 is 2.10 bits per heavy atom. The van der Waals surface area contributed by atoms with E-state index in [1.165, 1.54) is 30.8 Å². The number of amides is 1. The highest BCUT2D eigenvalue weighted by atomic mass is 79.9. The van der Waals surface area contributed by atoms with Crippen LogP contribution in [-0.4, -0.2) is 46.5 Å². The summed E-state index contributed by atoms with van der Waals surface area (Å²) in [6.07, 6.45) is 1.50. The molecule has 0 atom stereocenters. The normalized spacial score (nSPS) is 11.0. The number of carbonyl (C=O) groups is 1. The van der Waals surface area contributed by atoms with Crippen molar-refractivity contribution in [1.29, 1.82) is 0 Å². The molecule has 0 aliphatic carbocycles. The van der Waals surface area contributed by atoms with Crippen LogP contribution >= 0.6 is 27.7 Å². The van der Waals surface area contributed by atoms with Crippen LogP contribution in [0.1, 0.15) is 16.2 Å². The van der Waals surface area contributed by atoms with Crippen molar-refractivity contribution in [3.05, 3.63) is 46.3 Å². The predicted octanol–water partition coefficient (Wildman–Crippen LogP) is 3.94. The largest absolute Gasteiger partial charge is 0.480 e. The van der Waals surface area contributed by atoms with Gasteiger partial charge < -0.3 is 15.4 Å². The molecule has 0 bridgehead atoms. The molecular formula is C19H15BrF3N5O2S. The van der Waals surface area contributed by atoms with Crippen molar-refractivity contribution < 1.29 is 22.7 Å². The number of thioether (sulfide) groups is 1. The molecule has 3 aromatic rings. The Hall–Kier alpha value is -2.91. The minimum absolute atomic E-state index is 0.0103. The second-order valence-corrected chi connectivity index (χ2v) is 7.76. The number of anilines is 1. The van der Waals surface area contributed by atoms with E-state index in [2.05, 4.69) is 48.4 Å². The molecule has 3 aromatic heterocycles. The van der Waals surface area contributed by atoms with Gasteiger partial charge in [0.05, 0.1) is 23.8 Å². The van der Waals surface area contributed by atoms with Gasteiger partial charge in [-0.3, -0.25) is 9.20 Å². The maximum atomic E-state index is 13.0. The van der Waals surface area contributed by atoms with Crippen LogP contribution in [0.3, 0.4) is 0 Å². The Morgan fingerprint density at radius 1 is 1.32 bits per heavy atom. The fourth-order valence-corrected chi connectivity index (χ4v) is 3.64. The van der Waals surface area contributed by atoms with Crippen molar-refractivity contribution in [2.24, 2.45) is 0 Å². The lowest BCUT2D eigenvalue weighted by Crippen LogP contribution is -2.19. The third kappa shape index (κ3) is 5.42. The molecule has 3 heterocycles. The summed E-state index contributed by atoms with van der Waals surface area (Å²) >= 11 is 3.02. The van der Waals surface area contributed by atoms with Crippen LogP contribution in [0, 0.1) is 11.8 Å². The van der Waals surface area contributed by atoms with E-state index in [-0.39, 0.29) is 46.5 Å². The summed E-state index contributed by atoms with van der Waals surface area (Å²) in [7, 11) is 2.89. The van der Waals surface area contributed by atoms with E-state index in [1.807, 2.05) is 0 Å².